The van der Waals surface area contributed by atoms with Gasteiger partial charge in [0, 0.05) is 44.0 Å². The number of ketones is 2. The summed E-state index contributed by atoms with van der Waals surface area (Å²) in [6.45, 7) is 4.76. The zero-order valence-corrected chi connectivity index (χ0v) is 27.9. The summed E-state index contributed by atoms with van der Waals surface area (Å²) in [5, 5.41) is 0. The fraction of sp³-hybridized carbons (Fsp3) is 0.250. The lowest BCUT2D eigenvalue weighted by molar-refractivity contribution is -0.0446. The number of halogens is 4. The SMILES string of the molecule is CC(CC(=O)c1ccc(Br)c(C2OCCO2)c1)c1ccccc1F.CC(CC(=O)c1ccc(Br)c(C=O)c1)c1ccccc1F. The van der Waals surface area contributed by atoms with Crippen molar-refractivity contribution < 1.29 is 32.6 Å². The molecule has 0 aliphatic carbocycles. The Morgan fingerprint density at radius 2 is 1.22 bits per heavy atom. The van der Waals surface area contributed by atoms with Crippen molar-refractivity contribution in [3.63, 3.8) is 0 Å². The van der Waals surface area contributed by atoms with Crippen molar-refractivity contribution >= 4 is 49.7 Å². The molecule has 1 fully saturated rings. The highest BCUT2D eigenvalue weighted by Gasteiger charge is 2.23. The van der Waals surface area contributed by atoms with Gasteiger partial charge < -0.3 is 9.47 Å². The van der Waals surface area contributed by atoms with Crippen LogP contribution in [0.25, 0.3) is 0 Å². The predicted octanol–water partition coefficient (Wildman–Crippen LogP) is 9.79. The van der Waals surface area contributed by atoms with Crippen molar-refractivity contribution in [1.82, 2.24) is 0 Å². The van der Waals surface area contributed by atoms with E-state index in [1.807, 2.05) is 19.9 Å². The van der Waals surface area contributed by atoms with Crippen LogP contribution in [0, 0.1) is 11.6 Å². The molecule has 2 unspecified atom stereocenters. The molecule has 9 heteroatoms. The highest BCUT2D eigenvalue weighted by Crippen LogP contribution is 2.32. The van der Waals surface area contributed by atoms with E-state index in [0.717, 1.165) is 10.0 Å². The molecule has 0 saturated carbocycles. The summed E-state index contributed by atoms with van der Waals surface area (Å²) < 4.78 is 40.1. The Morgan fingerprint density at radius 3 is 1.71 bits per heavy atom. The lowest BCUT2D eigenvalue weighted by atomic mass is 9.92. The Balaban J connectivity index is 0.000000207. The van der Waals surface area contributed by atoms with E-state index in [2.05, 4.69) is 31.9 Å². The lowest BCUT2D eigenvalue weighted by Crippen LogP contribution is -2.08. The maximum Gasteiger partial charge on any atom is 0.185 e. The molecule has 1 saturated heterocycles. The number of aldehydes is 1. The molecule has 5 nitrogen and oxygen atoms in total. The van der Waals surface area contributed by atoms with E-state index >= 15 is 0 Å². The van der Waals surface area contributed by atoms with E-state index < -0.39 is 6.29 Å². The molecule has 4 aromatic rings. The fourth-order valence-electron chi connectivity index (χ4n) is 5.00. The minimum absolute atomic E-state index is 0.0301. The Kier molecular flexibility index (Phi) is 12.5. The summed E-state index contributed by atoms with van der Waals surface area (Å²) in [7, 11) is 0. The van der Waals surface area contributed by atoms with Crippen LogP contribution < -0.4 is 0 Å². The predicted molar refractivity (Wildman–Crippen MR) is 176 cm³/mol. The van der Waals surface area contributed by atoms with Crippen LogP contribution in [-0.4, -0.2) is 31.1 Å². The van der Waals surface area contributed by atoms with Crippen molar-refractivity contribution in [3.05, 3.63) is 139 Å². The smallest absolute Gasteiger partial charge is 0.185 e. The molecule has 1 aliphatic rings. The first-order valence-electron chi connectivity index (χ1n) is 14.4. The molecular weight excluding hydrogens is 710 g/mol. The van der Waals surface area contributed by atoms with Crippen LogP contribution in [-0.2, 0) is 9.47 Å². The summed E-state index contributed by atoms with van der Waals surface area (Å²) in [6, 6.07) is 23.3. The number of carbonyl (C=O) groups excluding carboxylic acids is 3. The number of hydrogen-bond acceptors (Lipinski definition) is 5. The molecule has 0 spiro atoms. The topological polar surface area (TPSA) is 69.7 Å². The van der Waals surface area contributed by atoms with Gasteiger partial charge in [-0.15, -0.1) is 0 Å². The van der Waals surface area contributed by atoms with Crippen molar-refractivity contribution in [2.75, 3.05) is 13.2 Å². The molecule has 4 aromatic carbocycles. The maximum absolute atomic E-state index is 13.9. The zero-order chi connectivity index (χ0) is 32.5. The van der Waals surface area contributed by atoms with Gasteiger partial charge in [0.2, 0.25) is 0 Å². The summed E-state index contributed by atoms with van der Waals surface area (Å²) >= 11 is 6.71. The van der Waals surface area contributed by atoms with Gasteiger partial charge in [0.15, 0.2) is 24.1 Å². The highest BCUT2D eigenvalue weighted by atomic mass is 79.9. The summed E-state index contributed by atoms with van der Waals surface area (Å²) in [4.78, 5) is 35.8. The van der Waals surface area contributed by atoms with Crippen LogP contribution >= 0.6 is 31.9 Å². The summed E-state index contributed by atoms with van der Waals surface area (Å²) in [6.07, 6.45) is 0.687. The average molecular weight is 742 g/mol. The number of rotatable bonds is 10. The Bertz CT molecular complexity index is 1670. The van der Waals surface area contributed by atoms with Crippen LogP contribution in [0.3, 0.4) is 0 Å². The van der Waals surface area contributed by atoms with Gasteiger partial charge >= 0.3 is 0 Å². The minimum atomic E-state index is -0.448. The monoisotopic (exact) mass is 740 g/mol. The van der Waals surface area contributed by atoms with Gasteiger partial charge in [0.05, 0.1) is 13.2 Å². The fourth-order valence-corrected chi connectivity index (χ4v) is 5.78. The Morgan fingerprint density at radius 1 is 0.756 bits per heavy atom. The third-order valence-electron chi connectivity index (χ3n) is 7.49. The molecule has 0 amide bonds. The van der Waals surface area contributed by atoms with Crippen LogP contribution in [0.4, 0.5) is 8.78 Å². The second-order valence-electron chi connectivity index (χ2n) is 10.8. The quantitative estimate of drug-likeness (QED) is 0.120. The average Bonchev–Trinajstić information content (AvgIpc) is 3.57. The first-order chi connectivity index (χ1) is 21.6. The van der Waals surface area contributed by atoms with Crippen LogP contribution in [0.5, 0.6) is 0 Å². The van der Waals surface area contributed by atoms with Crippen molar-refractivity contribution in [2.24, 2.45) is 0 Å². The first-order valence-corrected chi connectivity index (χ1v) is 16.0. The number of benzene rings is 4. The molecule has 0 aromatic heterocycles. The van der Waals surface area contributed by atoms with Gasteiger partial charge in [0.25, 0.3) is 0 Å². The minimum Gasteiger partial charge on any atom is -0.346 e. The summed E-state index contributed by atoms with van der Waals surface area (Å²) in [5.74, 6) is -1.13. The van der Waals surface area contributed by atoms with Gasteiger partial charge in [0.1, 0.15) is 11.6 Å². The molecule has 0 radical (unpaired) electrons. The molecule has 234 valence electrons. The molecular formula is C36H32Br2F2O5. The highest BCUT2D eigenvalue weighted by molar-refractivity contribution is 9.10. The van der Waals surface area contributed by atoms with Crippen molar-refractivity contribution in [3.8, 4) is 0 Å². The normalized spacial score (nSPS) is 14.3. The van der Waals surface area contributed by atoms with Crippen molar-refractivity contribution in [2.45, 2.75) is 44.8 Å². The van der Waals surface area contributed by atoms with Crippen LogP contribution in [0.1, 0.15) is 92.6 Å². The molecule has 2 atom stereocenters. The molecule has 45 heavy (non-hydrogen) atoms. The standard InChI is InChI=1S/C19H18BrFO3.C17H14BrFO2/c1-12(14-4-2-3-5-17(14)21)10-18(22)13-6-7-16(20)15(11-13)19-23-8-9-24-19;1-11(14-4-2-3-5-16(14)19)8-17(21)12-6-7-15(18)13(9-12)10-20/h2-7,11-12,19H,8-10H2,1H3;2-7,9-11H,8H2,1H3. The van der Waals surface area contributed by atoms with E-state index in [1.54, 1.807) is 66.7 Å². The van der Waals surface area contributed by atoms with E-state index in [0.29, 0.717) is 51.8 Å². The first kappa shape index (κ1) is 34.5. The van der Waals surface area contributed by atoms with E-state index in [9.17, 15) is 23.2 Å². The number of hydrogen-bond donors (Lipinski definition) is 0. The molecule has 1 heterocycles. The Hall–Kier alpha value is -3.37. The van der Waals surface area contributed by atoms with Crippen LogP contribution in [0.15, 0.2) is 93.9 Å². The number of ether oxygens (including phenoxy) is 2. The zero-order valence-electron chi connectivity index (χ0n) is 24.8. The second-order valence-corrected chi connectivity index (χ2v) is 12.5. The van der Waals surface area contributed by atoms with Gasteiger partial charge in [-0.1, -0.05) is 94.2 Å². The second kappa shape index (κ2) is 16.3. The van der Waals surface area contributed by atoms with Crippen molar-refractivity contribution in [1.29, 1.82) is 0 Å². The van der Waals surface area contributed by atoms with Gasteiger partial charge in [-0.2, -0.15) is 0 Å². The molecule has 1 aliphatic heterocycles. The summed E-state index contributed by atoms with van der Waals surface area (Å²) in [5.41, 5.74) is 3.36. The van der Waals surface area contributed by atoms with E-state index in [-0.39, 0.29) is 47.9 Å². The van der Waals surface area contributed by atoms with E-state index in [4.69, 9.17) is 9.47 Å². The largest absolute Gasteiger partial charge is 0.346 e. The van der Waals surface area contributed by atoms with E-state index in [1.165, 1.54) is 12.1 Å². The molecule has 0 N–H and O–H groups in total. The number of Topliss-reactive ketones (excluding diaryl/α,β-unsaturated/α-hetero) is 2. The van der Waals surface area contributed by atoms with Crippen LogP contribution in [0.2, 0.25) is 0 Å². The third-order valence-corrected chi connectivity index (χ3v) is 8.94. The van der Waals surface area contributed by atoms with Gasteiger partial charge in [-0.05, 0) is 59.4 Å². The van der Waals surface area contributed by atoms with Gasteiger partial charge in [-0.25, -0.2) is 8.78 Å². The number of carbonyl (C=O) groups is 3. The van der Waals surface area contributed by atoms with Gasteiger partial charge in [-0.3, -0.25) is 14.4 Å². The lowest BCUT2D eigenvalue weighted by Gasteiger charge is -2.15. The Labute approximate surface area is 278 Å². The third kappa shape index (κ3) is 9.10. The molecule has 0 bridgehead atoms. The maximum atomic E-state index is 13.9. The molecule has 5 rings (SSSR count).